The number of pyridine rings is 1. The molecule has 0 bridgehead atoms. The third-order valence-corrected chi connectivity index (χ3v) is 4.86. The molecule has 2 heterocycles. The third-order valence-electron chi connectivity index (χ3n) is 4.86. The Morgan fingerprint density at radius 2 is 1.77 bits per heavy atom. The Balaban J connectivity index is 1.37. The molecule has 0 spiro atoms. The molecular weight excluding hydrogens is 380 g/mol. The highest BCUT2D eigenvalue weighted by Crippen LogP contribution is 2.31. The number of hydrogen-bond acceptors (Lipinski definition) is 4. The van der Waals surface area contributed by atoms with Gasteiger partial charge in [-0.25, -0.2) is 0 Å². The van der Waals surface area contributed by atoms with E-state index < -0.39 is 0 Å². The van der Waals surface area contributed by atoms with Gasteiger partial charge in [-0.05, 0) is 54.4 Å². The number of hydrogen-bond donors (Lipinski definition) is 2. The molecule has 1 aromatic heterocycles. The average molecular weight is 400 g/mol. The molecule has 0 radical (unpaired) electrons. The van der Waals surface area contributed by atoms with Crippen molar-refractivity contribution in [3.8, 4) is 0 Å². The van der Waals surface area contributed by atoms with Gasteiger partial charge in [0.15, 0.2) is 0 Å². The van der Waals surface area contributed by atoms with E-state index >= 15 is 0 Å². The molecule has 30 heavy (non-hydrogen) atoms. The van der Waals surface area contributed by atoms with E-state index in [2.05, 4.69) is 15.6 Å². The van der Waals surface area contributed by atoms with E-state index in [0.29, 0.717) is 29.8 Å². The van der Waals surface area contributed by atoms with Crippen molar-refractivity contribution in [2.75, 3.05) is 23.3 Å². The molecule has 0 unspecified atom stereocenters. The van der Waals surface area contributed by atoms with Crippen molar-refractivity contribution in [3.63, 3.8) is 0 Å². The summed E-state index contributed by atoms with van der Waals surface area (Å²) in [6.45, 7) is 0.448. The van der Waals surface area contributed by atoms with Crippen LogP contribution in [0.3, 0.4) is 0 Å². The molecule has 1 aliphatic rings. The summed E-state index contributed by atoms with van der Waals surface area (Å²) in [5.41, 5.74) is 3.49. The normalized spacial score (nSPS) is 12.2. The Morgan fingerprint density at radius 1 is 0.967 bits per heavy atom. The lowest BCUT2D eigenvalue weighted by atomic mass is 10.1. The second-order valence-electron chi connectivity index (χ2n) is 6.89. The van der Waals surface area contributed by atoms with Crippen LogP contribution >= 0.6 is 0 Å². The van der Waals surface area contributed by atoms with Crippen LogP contribution in [0.5, 0.6) is 0 Å². The molecule has 3 amide bonds. The molecule has 2 aromatic carbocycles. The quantitative estimate of drug-likeness (QED) is 0.689. The summed E-state index contributed by atoms with van der Waals surface area (Å²) in [6, 6.07) is 17.7. The van der Waals surface area contributed by atoms with Crippen molar-refractivity contribution < 1.29 is 14.4 Å². The average Bonchev–Trinajstić information content (AvgIpc) is 3.21. The van der Waals surface area contributed by atoms with Gasteiger partial charge in [-0.1, -0.05) is 18.2 Å². The topological polar surface area (TPSA) is 91.4 Å². The highest BCUT2D eigenvalue weighted by Gasteiger charge is 2.26. The molecule has 0 saturated carbocycles. The van der Waals surface area contributed by atoms with Gasteiger partial charge in [-0.2, -0.15) is 0 Å². The molecule has 0 fully saturated rings. The van der Waals surface area contributed by atoms with Gasteiger partial charge in [0.1, 0.15) is 0 Å². The number of rotatable bonds is 5. The molecule has 2 N–H and O–H groups in total. The van der Waals surface area contributed by atoms with Crippen LogP contribution in [0.4, 0.5) is 11.4 Å². The first kappa shape index (κ1) is 19.3. The van der Waals surface area contributed by atoms with Gasteiger partial charge in [-0.3, -0.25) is 19.4 Å². The van der Waals surface area contributed by atoms with Crippen LogP contribution in [0.2, 0.25) is 0 Å². The third kappa shape index (κ3) is 4.20. The first-order valence-electron chi connectivity index (χ1n) is 9.60. The predicted octanol–water partition coefficient (Wildman–Crippen LogP) is 2.65. The van der Waals surface area contributed by atoms with Crippen LogP contribution in [0.25, 0.3) is 0 Å². The van der Waals surface area contributed by atoms with E-state index in [4.69, 9.17) is 0 Å². The van der Waals surface area contributed by atoms with Gasteiger partial charge >= 0.3 is 0 Å². The number of nitrogens with zero attached hydrogens (tertiary/aromatic N) is 2. The van der Waals surface area contributed by atoms with Crippen molar-refractivity contribution in [1.29, 1.82) is 0 Å². The Morgan fingerprint density at radius 3 is 2.53 bits per heavy atom. The van der Waals surface area contributed by atoms with Gasteiger partial charge in [0.05, 0.1) is 12.1 Å². The molecule has 1 aliphatic heterocycles. The van der Waals surface area contributed by atoms with Crippen molar-refractivity contribution in [1.82, 2.24) is 10.3 Å². The number of anilines is 2. The summed E-state index contributed by atoms with van der Waals surface area (Å²) < 4.78 is 0. The second kappa shape index (κ2) is 8.57. The van der Waals surface area contributed by atoms with Crippen LogP contribution in [-0.4, -0.2) is 35.8 Å². The SMILES string of the molecule is O=C(CNC(=O)c1ccccc1)Nc1ccc2c(c1)CCN2C(=O)c1cccnc1. The standard InChI is InChI=1S/C23H20N4O3/c28-21(15-25-22(29)16-5-2-1-3-6-16)26-19-8-9-20-17(13-19)10-12-27(20)23(30)18-7-4-11-24-14-18/h1-9,11,13-14H,10,12,15H2,(H,25,29)(H,26,28). The summed E-state index contributed by atoms with van der Waals surface area (Å²) in [5.74, 6) is -0.716. The van der Waals surface area contributed by atoms with Gasteiger partial charge in [0.25, 0.3) is 11.8 Å². The molecule has 0 aliphatic carbocycles. The summed E-state index contributed by atoms with van der Waals surface area (Å²) in [5, 5.41) is 5.39. The van der Waals surface area contributed by atoms with Crippen molar-refractivity contribution in [2.45, 2.75) is 6.42 Å². The van der Waals surface area contributed by atoms with Gasteiger partial charge in [0, 0.05) is 35.9 Å². The Bertz CT molecular complexity index is 1080. The molecular formula is C23H20N4O3. The summed E-state index contributed by atoms with van der Waals surface area (Å²) >= 11 is 0. The Hall–Kier alpha value is -4.00. The molecule has 150 valence electrons. The second-order valence-corrected chi connectivity index (χ2v) is 6.89. The van der Waals surface area contributed by atoms with Gasteiger partial charge < -0.3 is 15.5 Å². The fourth-order valence-corrected chi connectivity index (χ4v) is 3.39. The molecule has 7 nitrogen and oxygen atoms in total. The fraction of sp³-hybridized carbons (Fsp3) is 0.130. The lowest BCUT2D eigenvalue weighted by Gasteiger charge is -2.17. The lowest BCUT2D eigenvalue weighted by Crippen LogP contribution is -2.32. The minimum Gasteiger partial charge on any atom is -0.343 e. The largest absolute Gasteiger partial charge is 0.343 e. The monoisotopic (exact) mass is 400 g/mol. The molecule has 0 saturated heterocycles. The van der Waals surface area contributed by atoms with E-state index in [1.807, 2.05) is 18.2 Å². The number of fused-ring (bicyclic) bond motifs is 1. The van der Waals surface area contributed by atoms with Crippen LogP contribution in [0.1, 0.15) is 26.3 Å². The summed E-state index contributed by atoms with van der Waals surface area (Å²) in [4.78, 5) is 42.7. The van der Waals surface area contributed by atoms with Crippen LogP contribution in [0, 0.1) is 0 Å². The fourth-order valence-electron chi connectivity index (χ4n) is 3.39. The van der Waals surface area contributed by atoms with Crippen molar-refractivity contribution in [3.05, 3.63) is 89.7 Å². The number of carbonyl (C=O) groups excluding carboxylic acids is 3. The Labute approximate surface area is 173 Å². The zero-order chi connectivity index (χ0) is 20.9. The first-order chi connectivity index (χ1) is 14.6. The van der Waals surface area contributed by atoms with E-state index in [-0.39, 0.29) is 24.3 Å². The maximum atomic E-state index is 12.7. The minimum atomic E-state index is -0.319. The number of benzene rings is 2. The van der Waals surface area contributed by atoms with E-state index in [9.17, 15) is 14.4 Å². The Kier molecular flexibility index (Phi) is 5.52. The summed E-state index contributed by atoms with van der Waals surface area (Å²) in [6.07, 6.45) is 3.89. The molecule has 0 atom stereocenters. The van der Waals surface area contributed by atoms with E-state index in [1.165, 1.54) is 0 Å². The highest BCUT2D eigenvalue weighted by atomic mass is 16.2. The van der Waals surface area contributed by atoms with Gasteiger partial charge in [-0.15, -0.1) is 0 Å². The minimum absolute atomic E-state index is 0.0951. The number of carbonyl (C=O) groups is 3. The highest BCUT2D eigenvalue weighted by molar-refractivity contribution is 6.07. The lowest BCUT2D eigenvalue weighted by molar-refractivity contribution is -0.115. The zero-order valence-electron chi connectivity index (χ0n) is 16.2. The first-order valence-corrected chi connectivity index (χ1v) is 9.60. The van der Waals surface area contributed by atoms with Crippen LogP contribution in [0.15, 0.2) is 73.1 Å². The maximum Gasteiger partial charge on any atom is 0.259 e. The number of aromatic nitrogens is 1. The smallest absolute Gasteiger partial charge is 0.259 e. The van der Waals surface area contributed by atoms with Crippen molar-refractivity contribution in [2.24, 2.45) is 0 Å². The number of nitrogens with one attached hydrogen (secondary N) is 2. The van der Waals surface area contributed by atoms with Crippen LogP contribution < -0.4 is 15.5 Å². The zero-order valence-corrected chi connectivity index (χ0v) is 16.2. The van der Waals surface area contributed by atoms with E-state index in [1.54, 1.807) is 59.8 Å². The van der Waals surface area contributed by atoms with E-state index in [0.717, 1.165) is 11.3 Å². The predicted molar refractivity (Wildman–Crippen MR) is 113 cm³/mol. The molecule has 7 heteroatoms. The number of amides is 3. The maximum absolute atomic E-state index is 12.7. The van der Waals surface area contributed by atoms with Crippen molar-refractivity contribution >= 4 is 29.1 Å². The van der Waals surface area contributed by atoms with Gasteiger partial charge in [0.2, 0.25) is 5.91 Å². The summed E-state index contributed by atoms with van der Waals surface area (Å²) in [7, 11) is 0. The van der Waals surface area contributed by atoms with Crippen LogP contribution in [-0.2, 0) is 11.2 Å². The molecule has 4 rings (SSSR count). The molecule has 3 aromatic rings.